The summed E-state index contributed by atoms with van der Waals surface area (Å²) < 4.78 is 11.6. The molecule has 0 aromatic heterocycles. The van der Waals surface area contributed by atoms with E-state index >= 15 is 0 Å². The van der Waals surface area contributed by atoms with Gasteiger partial charge in [0, 0.05) is 18.4 Å². The van der Waals surface area contributed by atoms with Crippen LogP contribution in [0.5, 0.6) is 0 Å². The molecule has 1 fully saturated rings. The quantitative estimate of drug-likeness (QED) is 0.731. The van der Waals surface area contributed by atoms with E-state index in [1.807, 2.05) is 0 Å². The molecule has 2 rings (SSSR count). The second-order valence-corrected chi connectivity index (χ2v) is 5.89. The molecule has 1 saturated carbocycles. The number of rotatable bonds is 6. The summed E-state index contributed by atoms with van der Waals surface area (Å²) in [4.78, 5) is 0. The predicted octanol–water partition coefficient (Wildman–Crippen LogP) is 4.14. The average Bonchev–Trinajstić information content (AvgIpc) is 2.49. The van der Waals surface area contributed by atoms with Crippen molar-refractivity contribution in [2.75, 3.05) is 19.0 Å². The molecule has 1 aromatic carbocycles. The molecule has 3 unspecified atom stereocenters. The molecule has 0 bridgehead atoms. The van der Waals surface area contributed by atoms with E-state index in [0.717, 1.165) is 18.4 Å². The van der Waals surface area contributed by atoms with E-state index in [4.69, 9.17) is 9.47 Å². The van der Waals surface area contributed by atoms with Crippen LogP contribution in [-0.2, 0) is 9.47 Å². The fraction of sp³-hybridized carbons (Fsp3) is 0.625. The third-order valence-electron chi connectivity index (χ3n) is 3.90. The van der Waals surface area contributed by atoms with E-state index < -0.39 is 0 Å². The van der Waals surface area contributed by atoms with Gasteiger partial charge in [0.1, 0.15) is 0 Å². The fourth-order valence-electron chi connectivity index (χ4n) is 2.67. The summed E-state index contributed by atoms with van der Waals surface area (Å²) in [7, 11) is 1.80. The second-order valence-electron chi connectivity index (χ2n) is 5.24. The van der Waals surface area contributed by atoms with Crippen LogP contribution in [0.3, 0.4) is 0 Å². The lowest BCUT2D eigenvalue weighted by Gasteiger charge is -2.29. The van der Waals surface area contributed by atoms with E-state index in [-0.39, 0.29) is 0 Å². The highest BCUT2D eigenvalue weighted by atomic mass is 79.9. The van der Waals surface area contributed by atoms with Crippen LogP contribution in [0.15, 0.2) is 30.3 Å². The first-order valence-electron chi connectivity index (χ1n) is 7.08. The van der Waals surface area contributed by atoms with Crippen molar-refractivity contribution in [1.29, 1.82) is 0 Å². The Kier molecular flexibility index (Phi) is 6.35. The number of alkyl halides is 1. The van der Waals surface area contributed by atoms with Crippen LogP contribution in [0, 0.1) is 0 Å². The molecule has 3 heteroatoms. The Labute approximate surface area is 124 Å². The molecule has 1 aliphatic carbocycles. The topological polar surface area (TPSA) is 18.5 Å². The Bertz CT molecular complexity index is 355. The minimum atomic E-state index is 0.365. The van der Waals surface area contributed by atoms with Crippen LogP contribution >= 0.6 is 15.9 Å². The highest BCUT2D eigenvalue weighted by molar-refractivity contribution is 9.09. The lowest BCUT2D eigenvalue weighted by molar-refractivity contribution is -0.0322. The second kappa shape index (κ2) is 8.03. The Morgan fingerprint density at radius 1 is 1.21 bits per heavy atom. The van der Waals surface area contributed by atoms with Crippen molar-refractivity contribution in [1.82, 2.24) is 0 Å². The Balaban J connectivity index is 1.83. The van der Waals surface area contributed by atoms with E-state index in [2.05, 4.69) is 46.3 Å². The normalized spacial score (nSPS) is 25.2. The molecule has 3 atom stereocenters. The number of hydrogen-bond donors (Lipinski definition) is 0. The van der Waals surface area contributed by atoms with E-state index in [9.17, 15) is 0 Å². The van der Waals surface area contributed by atoms with Crippen LogP contribution in [0.2, 0.25) is 0 Å². The lowest BCUT2D eigenvalue weighted by atomic mass is 9.94. The van der Waals surface area contributed by atoms with Gasteiger partial charge in [0.15, 0.2) is 0 Å². The summed E-state index contributed by atoms with van der Waals surface area (Å²) in [6.45, 7) is 0.788. The highest BCUT2D eigenvalue weighted by Crippen LogP contribution is 2.25. The van der Waals surface area contributed by atoms with Crippen molar-refractivity contribution < 1.29 is 9.47 Å². The molecule has 0 heterocycles. The summed E-state index contributed by atoms with van der Waals surface area (Å²) in [6.07, 6.45) is 5.36. The summed E-state index contributed by atoms with van der Waals surface area (Å²) in [5.74, 6) is 0.434. The van der Waals surface area contributed by atoms with Crippen molar-refractivity contribution >= 4 is 15.9 Å². The molecule has 0 aliphatic heterocycles. The summed E-state index contributed by atoms with van der Waals surface area (Å²) in [5, 5.41) is 0.942. The molecule has 0 saturated heterocycles. The molecule has 1 aliphatic rings. The predicted molar refractivity (Wildman–Crippen MR) is 82.0 cm³/mol. The third-order valence-corrected chi connectivity index (χ3v) is 4.68. The summed E-state index contributed by atoms with van der Waals surface area (Å²) >= 11 is 3.60. The molecular weight excluding hydrogens is 304 g/mol. The van der Waals surface area contributed by atoms with Crippen LogP contribution in [0.4, 0.5) is 0 Å². The van der Waals surface area contributed by atoms with Crippen molar-refractivity contribution in [3.8, 4) is 0 Å². The maximum Gasteiger partial charge on any atom is 0.0600 e. The first kappa shape index (κ1) is 15.0. The third kappa shape index (κ3) is 4.59. The fourth-order valence-corrected chi connectivity index (χ4v) is 3.24. The summed E-state index contributed by atoms with van der Waals surface area (Å²) in [6, 6.07) is 10.6. The number of ether oxygens (including phenoxy) is 2. The smallest absolute Gasteiger partial charge is 0.0600 e. The molecule has 0 radical (unpaired) electrons. The average molecular weight is 327 g/mol. The standard InChI is InChI=1S/C16H23BrO2/c1-18-15-8-5-9-16(10-15)19-12-14(11-17)13-6-3-2-4-7-13/h2-4,6-7,14-16H,5,8-12H2,1H3. The zero-order valence-corrected chi connectivity index (χ0v) is 13.1. The van der Waals surface area contributed by atoms with Crippen LogP contribution in [0.1, 0.15) is 37.2 Å². The summed E-state index contributed by atoms with van der Waals surface area (Å²) in [5.41, 5.74) is 1.35. The first-order valence-corrected chi connectivity index (χ1v) is 8.21. The highest BCUT2D eigenvalue weighted by Gasteiger charge is 2.23. The molecule has 106 valence electrons. The molecule has 0 N–H and O–H groups in total. The van der Waals surface area contributed by atoms with Crippen molar-refractivity contribution in [2.24, 2.45) is 0 Å². The largest absolute Gasteiger partial charge is 0.381 e. The van der Waals surface area contributed by atoms with Crippen molar-refractivity contribution in [2.45, 2.75) is 43.8 Å². The number of halogens is 1. The van der Waals surface area contributed by atoms with Gasteiger partial charge >= 0.3 is 0 Å². The molecule has 1 aromatic rings. The Morgan fingerprint density at radius 2 is 1.95 bits per heavy atom. The van der Waals surface area contributed by atoms with E-state index in [1.54, 1.807) is 7.11 Å². The molecule has 2 nitrogen and oxygen atoms in total. The molecule has 0 spiro atoms. The SMILES string of the molecule is COC1CCCC(OCC(CBr)c2ccccc2)C1. The van der Waals surface area contributed by atoms with Gasteiger partial charge in [0.2, 0.25) is 0 Å². The van der Waals surface area contributed by atoms with Gasteiger partial charge in [-0.25, -0.2) is 0 Å². The monoisotopic (exact) mass is 326 g/mol. The van der Waals surface area contributed by atoms with Crippen molar-refractivity contribution in [3.05, 3.63) is 35.9 Å². The maximum atomic E-state index is 6.11. The minimum absolute atomic E-state index is 0.365. The zero-order chi connectivity index (χ0) is 13.5. The van der Waals surface area contributed by atoms with Gasteiger partial charge in [-0.05, 0) is 31.2 Å². The number of benzene rings is 1. The Morgan fingerprint density at radius 3 is 2.63 bits per heavy atom. The number of methoxy groups -OCH3 is 1. The zero-order valence-electron chi connectivity index (χ0n) is 11.6. The minimum Gasteiger partial charge on any atom is -0.381 e. The maximum absolute atomic E-state index is 6.11. The molecular formula is C16H23BrO2. The van der Waals surface area contributed by atoms with Gasteiger partial charge in [-0.15, -0.1) is 0 Å². The van der Waals surface area contributed by atoms with E-state index in [1.165, 1.54) is 24.8 Å². The van der Waals surface area contributed by atoms with Gasteiger partial charge in [-0.2, -0.15) is 0 Å². The first-order chi connectivity index (χ1) is 9.33. The molecule has 19 heavy (non-hydrogen) atoms. The number of hydrogen-bond acceptors (Lipinski definition) is 2. The van der Waals surface area contributed by atoms with Gasteiger partial charge in [0.25, 0.3) is 0 Å². The van der Waals surface area contributed by atoms with Gasteiger partial charge in [-0.3, -0.25) is 0 Å². The van der Waals surface area contributed by atoms with Crippen LogP contribution in [-0.4, -0.2) is 31.3 Å². The lowest BCUT2D eigenvalue weighted by Crippen LogP contribution is -2.28. The van der Waals surface area contributed by atoms with Gasteiger partial charge < -0.3 is 9.47 Å². The Hall–Kier alpha value is -0.380. The van der Waals surface area contributed by atoms with Crippen LogP contribution in [0.25, 0.3) is 0 Å². The molecule has 0 amide bonds. The van der Waals surface area contributed by atoms with Crippen molar-refractivity contribution in [3.63, 3.8) is 0 Å². The van der Waals surface area contributed by atoms with E-state index in [0.29, 0.717) is 18.1 Å². The van der Waals surface area contributed by atoms with Gasteiger partial charge in [-0.1, -0.05) is 46.3 Å². The van der Waals surface area contributed by atoms with Gasteiger partial charge in [0.05, 0.1) is 18.8 Å². The van der Waals surface area contributed by atoms with Crippen LogP contribution < -0.4 is 0 Å².